The Morgan fingerprint density at radius 3 is 2.00 bits per heavy atom. The van der Waals surface area contributed by atoms with E-state index in [-0.39, 0.29) is 17.4 Å². The summed E-state index contributed by atoms with van der Waals surface area (Å²) in [6.45, 7) is 3.90. The van der Waals surface area contributed by atoms with Crippen LogP contribution < -0.4 is 9.62 Å². The Labute approximate surface area is 187 Å². The molecule has 0 aliphatic rings. The van der Waals surface area contributed by atoms with Gasteiger partial charge in [0.25, 0.3) is 15.9 Å². The van der Waals surface area contributed by atoms with Crippen LogP contribution in [0.15, 0.2) is 77.7 Å². The highest BCUT2D eigenvalue weighted by molar-refractivity contribution is 7.92. The second kappa shape index (κ2) is 9.65. The van der Waals surface area contributed by atoms with Crippen molar-refractivity contribution in [1.29, 1.82) is 0 Å². The number of carbonyl (C=O) groups excluding carboxylic acids is 2. The molecule has 8 heteroatoms. The molecular formula is C24H24N2O5S. The van der Waals surface area contributed by atoms with Gasteiger partial charge >= 0.3 is 5.97 Å². The number of nitrogens with one attached hydrogen (secondary N) is 1. The lowest BCUT2D eigenvalue weighted by Crippen LogP contribution is -2.26. The average Bonchev–Trinajstić information content (AvgIpc) is 2.79. The lowest BCUT2D eigenvalue weighted by Gasteiger charge is -2.20. The Balaban J connectivity index is 1.70. The Morgan fingerprint density at radius 2 is 1.44 bits per heavy atom. The van der Waals surface area contributed by atoms with Gasteiger partial charge in [0.2, 0.25) is 0 Å². The number of ether oxygens (including phenoxy) is 1. The summed E-state index contributed by atoms with van der Waals surface area (Å²) in [5.41, 5.74) is 2.68. The molecule has 0 aromatic heterocycles. The maximum Gasteiger partial charge on any atom is 0.338 e. The van der Waals surface area contributed by atoms with Gasteiger partial charge in [-0.1, -0.05) is 17.7 Å². The molecule has 0 spiro atoms. The molecule has 166 valence electrons. The van der Waals surface area contributed by atoms with Gasteiger partial charge in [-0.25, -0.2) is 13.2 Å². The van der Waals surface area contributed by atoms with Crippen molar-refractivity contribution in [2.75, 3.05) is 23.3 Å². The highest BCUT2D eigenvalue weighted by Gasteiger charge is 2.21. The summed E-state index contributed by atoms with van der Waals surface area (Å²) < 4.78 is 31.8. The Bertz CT molecular complexity index is 1200. The van der Waals surface area contributed by atoms with Crippen molar-refractivity contribution >= 4 is 33.3 Å². The smallest absolute Gasteiger partial charge is 0.338 e. The second-order valence-corrected chi connectivity index (χ2v) is 9.05. The summed E-state index contributed by atoms with van der Waals surface area (Å²) in [5, 5.41) is 2.74. The van der Waals surface area contributed by atoms with Crippen LogP contribution in [0.2, 0.25) is 0 Å². The summed E-state index contributed by atoms with van der Waals surface area (Å²) in [7, 11) is -2.24. The third-order valence-corrected chi connectivity index (χ3v) is 6.63. The molecule has 1 N–H and O–H groups in total. The van der Waals surface area contributed by atoms with E-state index in [1.807, 2.05) is 6.92 Å². The number of esters is 1. The molecule has 0 aliphatic heterocycles. The molecule has 0 saturated heterocycles. The van der Waals surface area contributed by atoms with E-state index >= 15 is 0 Å². The number of nitrogens with zero attached hydrogens (tertiary/aromatic N) is 1. The van der Waals surface area contributed by atoms with Gasteiger partial charge in [0.1, 0.15) is 0 Å². The molecule has 0 saturated carbocycles. The third-order valence-electron chi connectivity index (χ3n) is 4.83. The second-order valence-electron chi connectivity index (χ2n) is 7.08. The van der Waals surface area contributed by atoms with E-state index in [4.69, 9.17) is 4.74 Å². The van der Waals surface area contributed by atoms with Crippen molar-refractivity contribution in [1.82, 2.24) is 0 Å². The molecule has 0 unspecified atom stereocenters. The first-order valence-corrected chi connectivity index (χ1v) is 11.4. The number of aryl methyl sites for hydroxylation is 1. The highest BCUT2D eigenvalue weighted by atomic mass is 32.2. The van der Waals surface area contributed by atoms with Gasteiger partial charge in [-0.15, -0.1) is 0 Å². The van der Waals surface area contributed by atoms with Gasteiger partial charge in [0.05, 0.1) is 22.8 Å². The normalized spacial score (nSPS) is 11.0. The van der Waals surface area contributed by atoms with Crippen molar-refractivity contribution in [3.8, 4) is 0 Å². The number of hydrogen-bond donors (Lipinski definition) is 1. The number of amides is 1. The zero-order chi connectivity index (χ0) is 23.3. The van der Waals surface area contributed by atoms with Crippen LogP contribution in [0.5, 0.6) is 0 Å². The molecule has 32 heavy (non-hydrogen) atoms. The molecule has 3 aromatic carbocycles. The molecule has 0 atom stereocenters. The number of rotatable bonds is 7. The van der Waals surface area contributed by atoms with E-state index in [9.17, 15) is 18.0 Å². The van der Waals surface area contributed by atoms with Crippen molar-refractivity contribution in [3.05, 3.63) is 89.5 Å². The third kappa shape index (κ3) is 5.15. The first-order valence-electron chi connectivity index (χ1n) is 9.96. The van der Waals surface area contributed by atoms with Gasteiger partial charge in [-0.3, -0.25) is 9.10 Å². The minimum Gasteiger partial charge on any atom is -0.462 e. The van der Waals surface area contributed by atoms with Gasteiger partial charge < -0.3 is 10.1 Å². The first kappa shape index (κ1) is 23.0. The predicted octanol–water partition coefficient (Wildman–Crippen LogP) is 4.25. The minimum absolute atomic E-state index is 0.193. The van der Waals surface area contributed by atoms with Gasteiger partial charge in [0, 0.05) is 18.3 Å². The highest BCUT2D eigenvalue weighted by Crippen LogP contribution is 2.23. The molecule has 0 heterocycles. The van der Waals surface area contributed by atoms with Crippen LogP contribution in [0.1, 0.15) is 33.2 Å². The van der Waals surface area contributed by atoms with E-state index in [1.165, 1.54) is 11.4 Å². The van der Waals surface area contributed by atoms with Crippen molar-refractivity contribution in [2.45, 2.75) is 18.7 Å². The maximum atomic E-state index is 12.8. The van der Waals surface area contributed by atoms with Crippen molar-refractivity contribution in [2.24, 2.45) is 0 Å². The molecule has 3 aromatic rings. The molecule has 3 rings (SSSR count). The van der Waals surface area contributed by atoms with E-state index in [2.05, 4.69) is 5.32 Å². The van der Waals surface area contributed by atoms with E-state index in [0.717, 1.165) is 5.56 Å². The molecule has 0 radical (unpaired) electrons. The molecule has 0 bridgehead atoms. The summed E-state index contributed by atoms with van der Waals surface area (Å²) in [5.74, 6) is -0.782. The van der Waals surface area contributed by atoms with Gasteiger partial charge in [-0.05, 0) is 74.5 Å². The fourth-order valence-electron chi connectivity index (χ4n) is 2.94. The Morgan fingerprint density at radius 1 is 0.875 bits per heavy atom. The first-order chi connectivity index (χ1) is 15.2. The SMILES string of the molecule is CCOC(=O)c1ccc(NC(=O)c2ccc(N(C)S(=O)(=O)c3ccc(C)cc3)cc2)cc1. The summed E-state index contributed by atoms with van der Waals surface area (Å²) in [6.07, 6.45) is 0. The zero-order valence-corrected chi connectivity index (χ0v) is 18.8. The van der Waals surface area contributed by atoms with Crippen LogP contribution >= 0.6 is 0 Å². The Kier molecular flexibility index (Phi) is 6.95. The van der Waals surface area contributed by atoms with Crippen molar-refractivity contribution in [3.63, 3.8) is 0 Å². The van der Waals surface area contributed by atoms with Crippen LogP contribution in [0.3, 0.4) is 0 Å². The largest absolute Gasteiger partial charge is 0.462 e. The van der Waals surface area contributed by atoms with Gasteiger partial charge in [-0.2, -0.15) is 0 Å². The predicted molar refractivity (Wildman–Crippen MR) is 124 cm³/mol. The monoisotopic (exact) mass is 452 g/mol. The average molecular weight is 453 g/mol. The van der Waals surface area contributed by atoms with Crippen LogP contribution in [-0.4, -0.2) is 33.9 Å². The molecule has 0 aliphatic carbocycles. The summed E-state index contributed by atoms with van der Waals surface area (Å²) in [4.78, 5) is 24.4. The minimum atomic E-state index is -3.71. The fourth-order valence-corrected chi connectivity index (χ4v) is 4.13. The molecule has 0 fully saturated rings. The van der Waals surface area contributed by atoms with Crippen molar-refractivity contribution < 1.29 is 22.7 Å². The van der Waals surface area contributed by atoms with Crippen LogP contribution in [0, 0.1) is 6.92 Å². The number of anilines is 2. The summed E-state index contributed by atoms with van der Waals surface area (Å²) in [6, 6.07) is 19.2. The quantitative estimate of drug-likeness (QED) is 0.541. The number of benzene rings is 3. The molecule has 1 amide bonds. The van der Waals surface area contributed by atoms with E-state index in [1.54, 1.807) is 79.7 Å². The maximum absolute atomic E-state index is 12.8. The Hall–Kier alpha value is -3.65. The number of carbonyl (C=O) groups is 2. The van der Waals surface area contributed by atoms with Crippen LogP contribution in [0.4, 0.5) is 11.4 Å². The lowest BCUT2D eigenvalue weighted by atomic mass is 10.1. The fraction of sp³-hybridized carbons (Fsp3) is 0.167. The zero-order valence-electron chi connectivity index (χ0n) is 18.0. The standard InChI is InChI=1S/C24H24N2O5S/c1-4-31-24(28)19-7-11-20(12-8-19)25-23(27)18-9-13-21(14-10-18)26(3)32(29,30)22-15-5-17(2)6-16-22/h5-16H,4H2,1-3H3,(H,25,27). The molecular weight excluding hydrogens is 428 g/mol. The lowest BCUT2D eigenvalue weighted by molar-refractivity contribution is 0.0526. The number of sulfonamides is 1. The summed E-state index contributed by atoms with van der Waals surface area (Å²) >= 11 is 0. The number of hydrogen-bond acceptors (Lipinski definition) is 5. The van der Waals surface area contributed by atoms with E-state index in [0.29, 0.717) is 22.5 Å². The molecule has 7 nitrogen and oxygen atoms in total. The van der Waals surface area contributed by atoms with Crippen LogP contribution in [-0.2, 0) is 14.8 Å². The van der Waals surface area contributed by atoms with Gasteiger partial charge in [0.15, 0.2) is 0 Å². The van der Waals surface area contributed by atoms with Crippen LogP contribution in [0.25, 0.3) is 0 Å². The van der Waals surface area contributed by atoms with E-state index < -0.39 is 16.0 Å². The topological polar surface area (TPSA) is 92.8 Å².